The lowest BCUT2D eigenvalue weighted by atomic mass is 10.0. The number of para-hydroxylation sites is 2. The number of benzene rings is 2. The molecule has 2 aromatic carbocycles. The van der Waals surface area contributed by atoms with Crippen LogP contribution in [-0.4, -0.2) is 27.4 Å². The van der Waals surface area contributed by atoms with Gasteiger partial charge in [-0.3, -0.25) is 0 Å². The highest BCUT2D eigenvalue weighted by Crippen LogP contribution is 2.28. The third kappa shape index (κ3) is 3.14. The van der Waals surface area contributed by atoms with E-state index in [1.807, 2.05) is 30.3 Å². The molecule has 2 aromatic rings. The number of aliphatic carboxylic acids is 1. The van der Waals surface area contributed by atoms with Crippen molar-refractivity contribution in [2.75, 3.05) is 5.32 Å². The minimum Gasteiger partial charge on any atom is -0.479 e. The van der Waals surface area contributed by atoms with Gasteiger partial charge in [-0.05, 0) is 18.2 Å². The number of aliphatic hydroxyl groups excluding tert-OH is 2. The minimum absolute atomic E-state index is 0.325. The molecule has 2 atom stereocenters. The standard InChI is InChI=1S/C15H15NO4/c17-13(14(18)15(19)20)11-8-4-5-9-12(11)16-10-6-2-1-3-7-10/h1-9,13-14,16-18H,(H,19,20). The molecule has 0 aromatic heterocycles. The van der Waals surface area contributed by atoms with Gasteiger partial charge in [0.2, 0.25) is 0 Å². The number of rotatable bonds is 5. The fraction of sp³-hybridized carbons (Fsp3) is 0.133. The smallest absolute Gasteiger partial charge is 0.335 e. The van der Waals surface area contributed by atoms with Crippen molar-refractivity contribution in [3.8, 4) is 0 Å². The summed E-state index contributed by atoms with van der Waals surface area (Å²) in [6, 6.07) is 16.0. The lowest BCUT2D eigenvalue weighted by Gasteiger charge is -2.18. The molecule has 20 heavy (non-hydrogen) atoms. The number of hydrogen-bond acceptors (Lipinski definition) is 4. The average molecular weight is 273 g/mol. The average Bonchev–Trinajstić information content (AvgIpc) is 2.47. The molecular weight excluding hydrogens is 258 g/mol. The van der Waals surface area contributed by atoms with Gasteiger partial charge in [-0.2, -0.15) is 0 Å². The number of carbonyl (C=O) groups is 1. The SMILES string of the molecule is O=C(O)C(O)C(O)c1ccccc1Nc1ccccc1. The van der Waals surface area contributed by atoms with Gasteiger partial charge in [-0.1, -0.05) is 36.4 Å². The summed E-state index contributed by atoms with van der Waals surface area (Å²) in [6.07, 6.45) is -3.37. The second-order valence-corrected chi connectivity index (χ2v) is 4.31. The molecule has 0 aliphatic heterocycles. The van der Waals surface area contributed by atoms with Crippen LogP contribution in [0.25, 0.3) is 0 Å². The van der Waals surface area contributed by atoms with Gasteiger partial charge in [-0.15, -0.1) is 0 Å². The molecular formula is C15H15NO4. The zero-order chi connectivity index (χ0) is 14.5. The molecule has 0 radical (unpaired) electrons. The zero-order valence-electron chi connectivity index (χ0n) is 10.6. The highest BCUT2D eigenvalue weighted by atomic mass is 16.4. The van der Waals surface area contributed by atoms with Crippen molar-refractivity contribution in [2.45, 2.75) is 12.2 Å². The van der Waals surface area contributed by atoms with E-state index in [1.54, 1.807) is 24.3 Å². The summed E-state index contributed by atoms with van der Waals surface area (Å²) in [7, 11) is 0. The third-order valence-corrected chi connectivity index (χ3v) is 2.88. The maximum Gasteiger partial charge on any atom is 0.335 e. The van der Waals surface area contributed by atoms with Crippen LogP contribution in [0.5, 0.6) is 0 Å². The number of anilines is 2. The first-order chi connectivity index (χ1) is 9.59. The van der Waals surface area contributed by atoms with E-state index in [1.165, 1.54) is 0 Å². The van der Waals surface area contributed by atoms with Crippen molar-refractivity contribution in [1.29, 1.82) is 0 Å². The largest absolute Gasteiger partial charge is 0.479 e. The van der Waals surface area contributed by atoms with Crippen molar-refractivity contribution in [3.05, 3.63) is 60.2 Å². The fourth-order valence-electron chi connectivity index (χ4n) is 1.85. The number of carboxylic acids is 1. The van der Waals surface area contributed by atoms with Crippen molar-refractivity contribution in [1.82, 2.24) is 0 Å². The van der Waals surface area contributed by atoms with Crippen LogP contribution >= 0.6 is 0 Å². The molecule has 2 unspecified atom stereocenters. The monoisotopic (exact) mass is 273 g/mol. The summed E-state index contributed by atoms with van der Waals surface area (Å²) in [5.41, 5.74) is 1.68. The molecule has 0 heterocycles. The van der Waals surface area contributed by atoms with E-state index in [9.17, 15) is 15.0 Å². The first-order valence-corrected chi connectivity index (χ1v) is 6.09. The molecule has 2 rings (SSSR count). The Balaban J connectivity index is 2.29. The Morgan fingerprint density at radius 1 is 0.950 bits per heavy atom. The van der Waals surface area contributed by atoms with Crippen LogP contribution in [0.4, 0.5) is 11.4 Å². The van der Waals surface area contributed by atoms with Crippen LogP contribution in [-0.2, 0) is 4.79 Å². The van der Waals surface area contributed by atoms with Gasteiger partial charge in [0.1, 0.15) is 6.10 Å². The molecule has 5 nitrogen and oxygen atoms in total. The highest BCUT2D eigenvalue weighted by Gasteiger charge is 2.26. The lowest BCUT2D eigenvalue weighted by Crippen LogP contribution is -2.27. The summed E-state index contributed by atoms with van der Waals surface area (Å²) >= 11 is 0. The summed E-state index contributed by atoms with van der Waals surface area (Å²) in [4.78, 5) is 10.8. The van der Waals surface area contributed by atoms with E-state index in [0.717, 1.165) is 5.69 Å². The quantitative estimate of drug-likeness (QED) is 0.668. The Labute approximate surface area is 116 Å². The number of hydrogen-bond donors (Lipinski definition) is 4. The Kier molecular flexibility index (Phi) is 4.34. The molecule has 0 fully saturated rings. The van der Waals surface area contributed by atoms with Crippen LogP contribution in [0.15, 0.2) is 54.6 Å². The molecule has 5 heteroatoms. The second kappa shape index (κ2) is 6.18. The number of nitrogens with one attached hydrogen (secondary N) is 1. The zero-order valence-corrected chi connectivity index (χ0v) is 10.6. The van der Waals surface area contributed by atoms with Crippen molar-refractivity contribution in [2.24, 2.45) is 0 Å². The normalized spacial score (nSPS) is 13.5. The van der Waals surface area contributed by atoms with Gasteiger partial charge >= 0.3 is 5.97 Å². The third-order valence-electron chi connectivity index (χ3n) is 2.88. The Hall–Kier alpha value is -2.37. The van der Waals surface area contributed by atoms with Gasteiger partial charge in [0.05, 0.1) is 0 Å². The Bertz CT molecular complexity index is 585. The number of aliphatic hydroxyl groups is 2. The summed E-state index contributed by atoms with van der Waals surface area (Å²) in [6.45, 7) is 0. The van der Waals surface area contributed by atoms with Gasteiger partial charge in [0.25, 0.3) is 0 Å². The molecule has 4 N–H and O–H groups in total. The van der Waals surface area contributed by atoms with E-state index in [2.05, 4.69) is 5.32 Å². The van der Waals surface area contributed by atoms with E-state index in [-0.39, 0.29) is 0 Å². The first kappa shape index (κ1) is 14.0. The summed E-state index contributed by atoms with van der Waals surface area (Å²) < 4.78 is 0. The van der Waals surface area contributed by atoms with E-state index < -0.39 is 18.2 Å². The van der Waals surface area contributed by atoms with Gasteiger partial charge in [0, 0.05) is 16.9 Å². The molecule has 0 spiro atoms. The Morgan fingerprint density at radius 3 is 2.20 bits per heavy atom. The molecule has 0 saturated heterocycles. The van der Waals surface area contributed by atoms with Crippen molar-refractivity contribution < 1.29 is 20.1 Å². The minimum atomic E-state index is -1.87. The van der Waals surface area contributed by atoms with E-state index >= 15 is 0 Å². The first-order valence-electron chi connectivity index (χ1n) is 6.09. The highest BCUT2D eigenvalue weighted by molar-refractivity contribution is 5.74. The van der Waals surface area contributed by atoms with Crippen molar-refractivity contribution in [3.63, 3.8) is 0 Å². The van der Waals surface area contributed by atoms with Crippen LogP contribution in [0.3, 0.4) is 0 Å². The van der Waals surface area contributed by atoms with Gasteiger partial charge in [0.15, 0.2) is 6.10 Å². The second-order valence-electron chi connectivity index (χ2n) is 4.31. The summed E-state index contributed by atoms with van der Waals surface area (Å²) in [5.74, 6) is -1.47. The molecule has 0 bridgehead atoms. The summed E-state index contributed by atoms with van der Waals surface area (Å²) in [5, 5.41) is 31.3. The molecule has 0 amide bonds. The van der Waals surface area contributed by atoms with Gasteiger partial charge in [-0.25, -0.2) is 4.79 Å². The van der Waals surface area contributed by atoms with Crippen LogP contribution in [0.1, 0.15) is 11.7 Å². The predicted octanol–water partition coefficient (Wildman–Crippen LogP) is 1.91. The van der Waals surface area contributed by atoms with Crippen molar-refractivity contribution >= 4 is 17.3 Å². The Morgan fingerprint density at radius 2 is 1.55 bits per heavy atom. The molecule has 0 aliphatic rings. The fourth-order valence-corrected chi connectivity index (χ4v) is 1.85. The number of carboxylic acid groups (broad SMARTS) is 1. The maximum absolute atomic E-state index is 10.8. The maximum atomic E-state index is 10.8. The predicted molar refractivity (Wildman–Crippen MR) is 74.8 cm³/mol. The van der Waals surface area contributed by atoms with Gasteiger partial charge < -0.3 is 20.6 Å². The van der Waals surface area contributed by atoms with Crippen LogP contribution < -0.4 is 5.32 Å². The molecule has 104 valence electrons. The van der Waals surface area contributed by atoms with E-state index in [4.69, 9.17) is 5.11 Å². The lowest BCUT2D eigenvalue weighted by molar-refractivity contribution is -0.153. The van der Waals surface area contributed by atoms with E-state index in [0.29, 0.717) is 11.3 Å². The topological polar surface area (TPSA) is 89.8 Å². The molecule has 0 saturated carbocycles. The molecule has 0 aliphatic carbocycles. The van der Waals surface area contributed by atoms with Crippen LogP contribution in [0.2, 0.25) is 0 Å². The van der Waals surface area contributed by atoms with Crippen LogP contribution in [0, 0.1) is 0 Å².